The Balaban J connectivity index is 1.87. The third-order valence-corrected chi connectivity index (χ3v) is 7.46. The summed E-state index contributed by atoms with van der Waals surface area (Å²) in [5, 5.41) is 11.1. The summed E-state index contributed by atoms with van der Waals surface area (Å²) in [5.41, 5.74) is -1.99. The molecule has 0 aromatic rings. The summed E-state index contributed by atoms with van der Waals surface area (Å²) in [4.78, 5) is 35.4. The van der Waals surface area contributed by atoms with Crippen molar-refractivity contribution in [3.8, 4) is 0 Å². The second-order valence-corrected chi connectivity index (χ2v) is 9.03. The Hall–Kier alpha value is -1.97. The minimum absolute atomic E-state index is 0.0621. The maximum atomic E-state index is 11.9. The zero-order valence-corrected chi connectivity index (χ0v) is 17.8. The molecule has 1 spiro atoms. The highest BCUT2D eigenvalue weighted by Gasteiger charge is 2.86. The molecule has 30 heavy (non-hydrogen) atoms. The average Bonchev–Trinajstić information content (AvgIpc) is 3.42. The third kappa shape index (κ3) is 2.68. The molecule has 0 radical (unpaired) electrons. The van der Waals surface area contributed by atoms with Crippen LogP contribution >= 0.6 is 0 Å². The van der Waals surface area contributed by atoms with Crippen molar-refractivity contribution in [3.05, 3.63) is 11.6 Å². The number of epoxide rings is 1. The van der Waals surface area contributed by atoms with Crippen LogP contribution in [0.1, 0.15) is 41.0 Å². The van der Waals surface area contributed by atoms with Crippen LogP contribution in [0.25, 0.3) is 0 Å². The molecule has 1 unspecified atom stereocenters. The molecule has 3 fully saturated rings. The molecule has 0 aromatic heterocycles. The van der Waals surface area contributed by atoms with Crippen LogP contribution in [0.5, 0.6) is 0 Å². The Bertz CT molecular complexity index is 815. The van der Waals surface area contributed by atoms with Crippen LogP contribution in [-0.2, 0) is 38.1 Å². The maximum Gasteiger partial charge on any atom is 0.303 e. The summed E-state index contributed by atoms with van der Waals surface area (Å²) in [6.45, 7) is 7.91. The van der Waals surface area contributed by atoms with E-state index in [0.717, 1.165) is 5.57 Å². The highest BCUT2D eigenvalue weighted by molar-refractivity contribution is 5.67. The zero-order valence-electron chi connectivity index (χ0n) is 17.8. The molecule has 2 bridgehead atoms. The summed E-state index contributed by atoms with van der Waals surface area (Å²) in [6.07, 6.45) is -1.75. The molecule has 2 heterocycles. The van der Waals surface area contributed by atoms with Crippen LogP contribution < -0.4 is 0 Å². The first-order valence-electron chi connectivity index (χ1n) is 10.1. The maximum absolute atomic E-state index is 11.9. The van der Waals surface area contributed by atoms with E-state index < -0.39 is 64.9 Å². The molecule has 166 valence electrons. The Kier molecular flexibility index (Phi) is 4.80. The van der Waals surface area contributed by atoms with Crippen molar-refractivity contribution >= 4 is 17.9 Å². The molecule has 2 saturated heterocycles. The first kappa shape index (κ1) is 21.3. The summed E-state index contributed by atoms with van der Waals surface area (Å²) in [7, 11) is 0. The Labute approximate surface area is 174 Å². The van der Waals surface area contributed by atoms with Crippen molar-refractivity contribution < 1.29 is 43.2 Å². The number of fused-ring (bicyclic) bond motifs is 2. The van der Waals surface area contributed by atoms with Gasteiger partial charge in [0.05, 0.1) is 23.5 Å². The second-order valence-electron chi connectivity index (χ2n) is 9.03. The molecule has 8 atom stereocenters. The molecule has 4 aliphatic rings. The largest absolute Gasteiger partial charge is 0.465 e. The van der Waals surface area contributed by atoms with Gasteiger partial charge >= 0.3 is 17.9 Å². The standard InChI is InChI=1S/C21H28O9/c1-10-6-15-20(8-26-11(2)22,7-14(10)28-12(3)23)19(5)17(29-13(4)24)16(25)18(30-15)21(19)9-27-21/h6,14-18,25H,7-9H2,1-5H3/t14-,15+,16+,17-,18+,19+,20+,21?/m1/s1. The van der Waals surface area contributed by atoms with Crippen LogP contribution in [0, 0.1) is 10.8 Å². The van der Waals surface area contributed by atoms with Gasteiger partial charge in [-0.2, -0.15) is 0 Å². The number of rotatable bonds is 4. The molecular weight excluding hydrogens is 396 g/mol. The Morgan fingerprint density at radius 1 is 1.17 bits per heavy atom. The van der Waals surface area contributed by atoms with E-state index in [4.69, 9.17) is 23.7 Å². The lowest BCUT2D eigenvalue weighted by molar-refractivity contribution is -0.241. The number of aliphatic hydroxyl groups is 1. The number of ether oxygens (including phenoxy) is 5. The van der Waals surface area contributed by atoms with Gasteiger partial charge in [-0.25, -0.2) is 0 Å². The Morgan fingerprint density at radius 3 is 2.33 bits per heavy atom. The molecule has 9 heteroatoms. The van der Waals surface area contributed by atoms with Gasteiger partial charge in [0.1, 0.15) is 36.6 Å². The minimum atomic E-state index is -1.11. The van der Waals surface area contributed by atoms with Crippen LogP contribution in [0.4, 0.5) is 0 Å². The van der Waals surface area contributed by atoms with Crippen molar-refractivity contribution in [2.45, 2.75) is 77.2 Å². The molecule has 0 amide bonds. The summed E-state index contributed by atoms with van der Waals surface area (Å²) in [6, 6.07) is 0. The first-order chi connectivity index (χ1) is 14.0. The smallest absolute Gasteiger partial charge is 0.303 e. The van der Waals surface area contributed by atoms with E-state index in [1.54, 1.807) is 0 Å². The van der Waals surface area contributed by atoms with E-state index in [0.29, 0.717) is 6.61 Å². The molecule has 2 aliphatic heterocycles. The molecule has 2 aliphatic carbocycles. The number of hydrogen-bond acceptors (Lipinski definition) is 9. The van der Waals surface area contributed by atoms with Gasteiger partial charge in [0, 0.05) is 27.2 Å². The van der Waals surface area contributed by atoms with E-state index in [2.05, 4.69) is 0 Å². The second kappa shape index (κ2) is 6.77. The fourth-order valence-electron chi connectivity index (χ4n) is 5.92. The summed E-state index contributed by atoms with van der Waals surface area (Å²) >= 11 is 0. The monoisotopic (exact) mass is 424 g/mol. The van der Waals surface area contributed by atoms with Crippen molar-refractivity contribution in [2.24, 2.45) is 10.8 Å². The Morgan fingerprint density at radius 2 is 1.80 bits per heavy atom. The number of aliphatic hydroxyl groups excluding tert-OH is 1. The van der Waals surface area contributed by atoms with Gasteiger partial charge in [0.25, 0.3) is 0 Å². The van der Waals surface area contributed by atoms with Gasteiger partial charge < -0.3 is 28.8 Å². The van der Waals surface area contributed by atoms with Crippen molar-refractivity contribution in [1.29, 1.82) is 0 Å². The molecule has 0 aromatic carbocycles. The van der Waals surface area contributed by atoms with Crippen molar-refractivity contribution in [2.75, 3.05) is 13.2 Å². The van der Waals surface area contributed by atoms with Crippen LogP contribution in [0.2, 0.25) is 0 Å². The normalized spacial score (nSPS) is 45.9. The lowest BCUT2D eigenvalue weighted by Gasteiger charge is -2.58. The van der Waals surface area contributed by atoms with Crippen LogP contribution in [-0.4, -0.2) is 72.3 Å². The van der Waals surface area contributed by atoms with E-state index in [9.17, 15) is 19.5 Å². The highest BCUT2D eigenvalue weighted by Crippen LogP contribution is 2.72. The van der Waals surface area contributed by atoms with Crippen molar-refractivity contribution in [3.63, 3.8) is 0 Å². The topological polar surface area (TPSA) is 121 Å². The molecule has 1 N–H and O–H groups in total. The SMILES string of the molecule is CC(=O)OC[C@@]12C[C@@H](OC(C)=O)C(C)=C[C@@H]1O[C@H]1[C@@H](O)[C@@H](OC(C)=O)[C@]2(C)C12CO2. The number of esters is 3. The van der Waals surface area contributed by atoms with Gasteiger partial charge in [-0.15, -0.1) is 0 Å². The summed E-state index contributed by atoms with van der Waals surface area (Å²) < 4.78 is 28.9. The quantitative estimate of drug-likeness (QED) is 0.300. The number of hydrogen-bond donors (Lipinski definition) is 1. The predicted octanol–water partition coefficient (Wildman–Crippen LogP) is 0.667. The highest BCUT2D eigenvalue weighted by atomic mass is 16.7. The lowest BCUT2D eigenvalue weighted by Crippen LogP contribution is -2.68. The fourth-order valence-corrected chi connectivity index (χ4v) is 5.92. The molecule has 9 nitrogen and oxygen atoms in total. The fraction of sp³-hybridized carbons (Fsp3) is 0.762. The van der Waals surface area contributed by atoms with Gasteiger partial charge in [-0.05, 0) is 12.5 Å². The van der Waals surface area contributed by atoms with E-state index in [1.807, 2.05) is 19.9 Å². The lowest BCUT2D eigenvalue weighted by atomic mass is 9.51. The van der Waals surface area contributed by atoms with E-state index >= 15 is 0 Å². The van der Waals surface area contributed by atoms with Crippen molar-refractivity contribution in [1.82, 2.24) is 0 Å². The van der Waals surface area contributed by atoms with Crippen LogP contribution in [0.3, 0.4) is 0 Å². The number of carbonyl (C=O) groups is 3. The molecule has 1 saturated carbocycles. The van der Waals surface area contributed by atoms with Gasteiger partial charge in [-0.1, -0.05) is 13.0 Å². The van der Waals surface area contributed by atoms with E-state index in [1.165, 1.54) is 20.8 Å². The first-order valence-corrected chi connectivity index (χ1v) is 10.1. The molecule has 4 rings (SSSR count). The third-order valence-electron chi connectivity index (χ3n) is 7.46. The van der Waals surface area contributed by atoms with Gasteiger partial charge in [0.2, 0.25) is 0 Å². The zero-order chi connectivity index (χ0) is 22.1. The van der Waals surface area contributed by atoms with Crippen LogP contribution in [0.15, 0.2) is 11.6 Å². The summed E-state index contributed by atoms with van der Waals surface area (Å²) in [5.74, 6) is -1.45. The van der Waals surface area contributed by atoms with Gasteiger partial charge in [-0.3, -0.25) is 14.4 Å². The molecular formula is C21H28O9. The minimum Gasteiger partial charge on any atom is -0.465 e. The van der Waals surface area contributed by atoms with Gasteiger partial charge in [0.15, 0.2) is 0 Å². The predicted molar refractivity (Wildman–Crippen MR) is 100 cm³/mol. The number of carbonyl (C=O) groups excluding carboxylic acids is 3. The average molecular weight is 424 g/mol. The van der Waals surface area contributed by atoms with E-state index in [-0.39, 0.29) is 13.0 Å².